The van der Waals surface area contributed by atoms with E-state index in [4.69, 9.17) is 9.40 Å². The van der Waals surface area contributed by atoms with Crippen LogP contribution < -0.4 is 0 Å². The number of hydrogen-bond donors (Lipinski definition) is 0. The summed E-state index contributed by atoms with van der Waals surface area (Å²) in [5.74, 6) is 0.908. The van der Waals surface area contributed by atoms with Crippen LogP contribution in [0.3, 0.4) is 0 Å². The summed E-state index contributed by atoms with van der Waals surface area (Å²) in [7, 11) is 0. The maximum Gasteiger partial charge on any atom is 0.220 e. The van der Waals surface area contributed by atoms with Crippen LogP contribution in [0.5, 0.6) is 0 Å². The van der Waals surface area contributed by atoms with Crippen LogP contribution in [-0.4, -0.2) is 18.9 Å². The van der Waals surface area contributed by atoms with Crippen molar-refractivity contribution in [2.24, 2.45) is 0 Å². The molecule has 3 aromatic carbocycles. The van der Waals surface area contributed by atoms with E-state index in [-0.39, 0.29) is 0 Å². The number of pyridine rings is 1. The number of nitrogens with zero attached hydrogens (tertiary/aromatic N) is 4. The largest absolute Gasteiger partial charge is 0.454 e. The Kier molecular flexibility index (Phi) is 2.88. The first kappa shape index (κ1) is 15.8. The lowest BCUT2D eigenvalue weighted by Crippen LogP contribution is -1.96. The quantitative estimate of drug-likeness (QED) is 0.345. The fourth-order valence-electron chi connectivity index (χ4n) is 4.62. The molecule has 4 aromatic heterocycles. The number of benzene rings is 3. The number of imidazole rings is 2. The molecule has 30 heavy (non-hydrogen) atoms. The maximum atomic E-state index is 6.09. The molecule has 5 heteroatoms. The Morgan fingerprint density at radius 3 is 2.53 bits per heavy atom. The van der Waals surface area contributed by atoms with Gasteiger partial charge in [0.05, 0.1) is 34.0 Å². The molecule has 0 saturated heterocycles. The van der Waals surface area contributed by atoms with E-state index in [2.05, 4.69) is 75.5 Å². The molecule has 142 valence electrons. The summed E-state index contributed by atoms with van der Waals surface area (Å²) in [4.78, 5) is 9.18. The number of aryl methyl sites for hydroxylation is 1. The van der Waals surface area contributed by atoms with Crippen LogP contribution in [-0.2, 0) is 0 Å². The average molecular weight is 388 g/mol. The molecule has 0 atom stereocenters. The second-order valence-corrected chi connectivity index (χ2v) is 7.67. The van der Waals surface area contributed by atoms with E-state index in [1.54, 1.807) is 6.20 Å². The van der Waals surface area contributed by atoms with Crippen molar-refractivity contribution in [3.8, 4) is 5.69 Å². The molecule has 0 N–H and O–H groups in total. The number of rotatable bonds is 1. The Balaban J connectivity index is 1.67. The lowest BCUT2D eigenvalue weighted by Gasteiger charge is -2.07. The molecule has 0 spiro atoms. The normalized spacial score (nSPS) is 12.2. The molecule has 0 amide bonds. The van der Waals surface area contributed by atoms with Crippen molar-refractivity contribution in [3.05, 3.63) is 84.7 Å². The smallest absolute Gasteiger partial charge is 0.220 e. The van der Waals surface area contributed by atoms with E-state index in [1.165, 1.54) is 0 Å². The van der Waals surface area contributed by atoms with Gasteiger partial charge in [0.1, 0.15) is 5.58 Å². The third-order valence-corrected chi connectivity index (χ3v) is 5.91. The second kappa shape index (κ2) is 5.48. The summed E-state index contributed by atoms with van der Waals surface area (Å²) >= 11 is 0. The van der Waals surface area contributed by atoms with Gasteiger partial charge in [-0.1, -0.05) is 24.3 Å². The van der Waals surface area contributed by atoms with Gasteiger partial charge in [0, 0.05) is 17.0 Å². The summed E-state index contributed by atoms with van der Waals surface area (Å²) in [6, 6.07) is 23.1. The molecular weight excluding hydrogens is 372 g/mol. The van der Waals surface area contributed by atoms with Crippen molar-refractivity contribution in [1.82, 2.24) is 18.9 Å². The highest BCUT2D eigenvalue weighted by atomic mass is 16.3. The maximum absolute atomic E-state index is 6.09. The van der Waals surface area contributed by atoms with E-state index < -0.39 is 0 Å². The first-order valence-electron chi connectivity index (χ1n) is 9.93. The Hall–Kier alpha value is -4.12. The summed E-state index contributed by atoms with van der Waals surface area (Å²) < 4.78 is 10.6. The Bertz CT molecular complexity index is 1770. The zero-order chi connectivity index (χ0) is 19.8. The van der Waals surface area contributed by atoms with Gasteiger partial charge in [-0.25, -0.2) is 4.98 Å². The molecular formula is C25H16N4O. The standard InChI is InChI=1S/C25H16N4O/c1-15-12-16(13-18-17-10-11-26-14-23(17)30-24(15)18)28-21-8-4-5-9-22(21)29-20-7-3-2-6-19(20)27-25(28)29/h2-14H,1H3. The molecule has 0 unspecified atom stereocenters. The van der Waals surface area contributed by atoms with Crippen molar-refractivity contribution in [3.63, 3.8) is 0 Å². The molecule has 0 fully saturated rings. The molecule has 0 aliphatic rings. The van der Waals surface area contributed by atoms with Crippen LogP contribution >= 0.6 is 0 Å². The van der Waals surface area contributed by atoms with Gasteiger partial charge >= 0.3 is 0 Å². The summed E-state index contributed by atoms with van der Waals surface area (Å²) in [5.41, 5.74) is 8.24. The van der Waals surface area contributed by atoms with Crippen LogP contribution in [0.4, 0.5) is 0 Å². The Morgan fingerprint density at radius 2 is 1.63 bits per heavy atom. The van der Waals surface area contributed by atoms with Crippen molar-refractivity contribution in [2.45, 2.75) is 6.92 Å². The highest BCUT2D eigenvalue weighted by Crippen LogP contribution is 2.35. The van der Waals surface area contributed by atoms with Crippen LogP contribution in [0, 0.1) is 6.92 Å². The second-order valence-electron chi connectivity index (χ2n) is 7.67. The van der Waals surface area contributed by atoms with Gasteiger partial charge in [0.15, 0.2) is 5.58 Å². The van der Waals surface area contributed by atoms with Gasteiger partial charge in [0.2, 0.25) is 5.78 Å². The van der Waals surface area contributed by atoms with Crippen molar-refractivity contribution >= 4 is 49.8 Å². The van der Waals surface area contributed by atoms with E-state index in [9.17, 15) is 0 Å². The monoisotopic (exact) mass is 388 g/mol. The van der Waals surface area contributed by atoms with Gasteiger partial charge in [-0.3, -0.25) is 14.0 Å². The molecule has 7 rings (SSSR count). The highest BCUT2D eigenvalue weighted by molar-refractivity contribution is 6.06. The fraction of sp³-hybridized carbons (Fsp3) is 0.0400. The molecule has 0 aliphatic carbocycles. The molecule has 0 radical (unpaired) electrons. The predicted molar refractivity (Wildman–Crippen MR) is 119 cm³/mol. The summed E-state index contributed by atoms with van der Waals surface area (Å²) in [6.45, 7) is 2.09. The highest BCUT2D eigenvalue weighted by Gasteiger charge is 2.18. The molecule has 0 aliphatic heterocycles. The molecule has 0 bridgehead atoms. The SMILES string of the molecule is Cc1cc(-n2c3ccccc3n3c4ccccc4nc23)cc2c1oc1cnccc12. The van der Waals surface area contributed by atoms with Crippen LogP contribution in [0.25, 0.3) is 55.5 Å². The lowest BCUT2D eigenvalue weighted by molar-refractivity contribution is 0.663. The minimum atomic E-state index is 0.807. The van der Waals surface area contributed by atoms with Gasteiger partial charge < -0.3 is 4.42 Å². The zero-order valence-corrected chi connectivity index (χ0v) is 16.2. The zero-order valence-electron chi connectivity index (χ0n) is 16.2. The minimum absolute atomic E-state index is 0.807. The van der Waals surface area contributed by atoms with Gasteiger partial charge in [-0.05, 0) is 55.0 Å². The minimum Gasteiger partial charge on any atom is -0.454 e. The van der Waals surface area contributed by atoms with Crippen LogP contribution in [0.2, 0.25) is 0 Å². The van der Waals surface area contributed by atoms with E-state index >= 15 is 0 Å². The predicted octanol–water partition coefficient (Wildman–Crippen LogP) is 6.03. The van der Waals surface area contributed by atoms with Gasteiger partial charge in [0.25, 0.3) is 0 Å². The van der Waals surface area contributed by atoms with E-state index in [0.717, 1.165) is 61.0 Å². The number of furan rings is 1. The topological polar surface area (TPSA) is 48.3 Å². The number of aromatic nitrogens is 4. The number of para-hydroxylation sites is 4. The van der Waals surface area contributed by atoms with Crippen molar-refractivity contribution < 1.29 is 4.42 Å². The van der Waals surface area contributed by atoms with E-state index in [0.29, 0.717) is 0 Å². The van der Waals surface area contributed by atoms with Crippen molar-refractivity contribution in [1.29, 1.82) is 0 Å². The van der Waals surface area contributed by atoms with Crippen LogP contribution in [0.15, 0.2) is 83.5 Å². The third kappa shape index (κ3) is 1.91. The lowest BCUT2D eigenvalue weighted by atomic mass is 10.1. The molecule has 5 nitrogen and oxygen atoms in total. The van der Waals surface area contributed by atoms with Crippen LogP contribution in [0.1, 0.15) is 5.56 Å². The van der Waals surface area contributed by atoms with Crippen molar-refractivity contribution in [2.75, 3.05) is 0 Å². The Labute approximate surface area is 170 Å². The van der Waals surface area contributed by atoms with Gasteiger partial charge in [-0.2, -0.15) is 0 Å². The number of hydrogen-bond acceptors (Lipinski definition) is 3. The summed E-state index contributed by atoms with van der Waals surface area (Å²) in [6.07, 6.45) is 3.59. The average Bonchev–Trinajstić information content (AvgIpc) is 3.42. The van der Waals surface area contributed by atoms with Gasteiger partial charge in [-0.15, -0.1) is 0 Å². The first-order chi connectivity index (χ1) is 14.8. The molecule has 0 saturated carbocycles. The Morgan fingerprint density at radius 1 is 0.833 bits per heavy atom. The first-order valence-corrected chi connectivity index (χ1v) is 9.93. The third-order valence-electron chi connectivity index (χ3n) is 5.91. The van der Waals surface area contributed by atoms with E-state index in [1.807, 2.05) is 18.3 Å². The molecule has 4 heterocycles. The summed E-state index contributed by atoms with van der Waals surface area (Å²) in [5, 5.41) is 2.17. The fourth-order valence-corrected chi connectivity index (χ4v) is 4.62. The number of fused-ring (bicyclic) bond motifs is 8. The molecule has 7 aromatic rings.